The molecule has 0 aliphatic rings. The summed E-state index contributed by atoms with van der Waals surface area (Å²) in [7, 11) is 0. The van der Waals surface area contributed by atoms with E-state index in [2.05, 4.69) is 16.0 Å². The second-order valence-electron chi connectivity index (χ2n) is 6.83. The number of rotatable bonds is 5. The van der Waals surface area contributed by atoms with Crippen LogP contribution in [0.2, 0.25) is 5.02 Å². The van der Waals surface area contributed by atoms with E-state index in [9.17, 15) is 14.4 Å². The number of hydrazine groups is 1. The fourth-order valence-corrected chi connectivity index (χ4v) is 3.15. The maximum Gasteiger partial charge on any atom is 0.290 e. The molecule has 3 aromatic rings. The van der Waals surface area contributed by atoms with Gasteiger partial charge in [0.05, 0.1) is 11.4 Å². The minimum Gasteiger partial charge on any atom is -0.273 e. The van der Waals surface area contributed by atoms with E-state index >= 15 is 0 Å². The zero-order chi connectivity index (χ0) is 21.0. The average molecular weight is 413 g/mol. The molecule has 3 rings (SSSR count). The fourth-order valence-electron chi connectivity index (χ4n) is 2.92. The molecule has 2 N–H and O–H groups in total. The molecule has 0 saturated carbocycles. The Morgan fingerprint density at radius 3 is 2.38 bits per heavy atom. The molecule has 0 atom stereocenters. The summed E-state index contributed by atoms with van der Waals surface area (Å²) in [6, 6.07) is 13.8. The Hall–Kier alpha value is -3.19. The van der Waals surface area contributed by atoms with Crippen LogP contribution in [-0.2, 0) is 11.2 Å². The molecule has 0 radical (unpaired) electrons. The summed E-state index contributed by atoms with van der Waals surface area (Å²) in [4.78, 5) is 37.3. The van der Waals surface area contributed by atoms with Gasteiger partial charge in [0.25, 0.3) is 11.5 Å². The average Bonchev–Trinajstić information content (AvgIpc) is 2.71. The van der Waals surface area contributed by atoms with Gasteiger partial charge in [-0.1, -0.05) is 48.0 Å². The number of amides is 2. The summed E-state index contributed by atoms with van der Waals surface area (Å²) >= 11 is 6.09. The van der Waals surface area contributed by atoms with Crippen LogP contribution in [-0.4, -0.2) is 21.6 Å². The molecular weight excluding hydrogens is 392 g/mol. The van der Waals surface area contributed by atoms with Gasteiger partial charge in [0.2, 0.25) is 5.91 Å². The molecule has 7 nitrogen and oxygen atoms in total. The lowest BCUT2D eigenvalue weighted by atomic mass is 10.1. The second kappa shape index (κ2) is 8.87. The highest BCUT2D eigenvalue weighted by Crippen LogP contribution is 2.17. The Kier molecular flexibility index (Phi) is 6.29. The third kappa shape index (κ3) is 4.63. The van der Waals surface area contributed by atoms with Gasteiger partial charge in [-0.25, -0.2) is 4.68 Å². The lowest BCUT2D eigenvalue weighted by Crippen LogP contribution is -2.43. The molecule has 1 heterocycles. The fraction of sp³-hybridized carbons (Fsp3) is 0.238. The van der Waals surface area contributed by atoms with Crippen LogP contribution < -0.4 is 16.4 Å². The SMILES string of the molecule is CC(C)n1nc(C(=O)NNC(=O)CCc2ccccc2Cl)c2ccccc2c1=O. The molecule has 0 bridgehead atoms. The predicted molar refractivity (Wildman–Crippen MR) is 112 cm³/mol. The van der Waals surface area contributed by atoms with Crippen molar-refractivity contribution >= 4 is 34.2 Å². The maximum absolute atomic E-state index is 12.7. The van der Waals surface area contributed by atoms with Gasteiger partial charge in [-0.2, -0.15) is 5.10 Å². The largest absolute Gasteiger partial charge is 0.290 e. The summed E-state index contributed by atoms with van der Waals surface area (Å²) in [5, 5.41) is 5.62. The van der Waals surface area contributed by atoms with Crippen molar-refractivity contribution in [3.05, 3.63) is 75.2 Å². The Labute approximate surface area is 172 Å². The zero-order valence-electron chi connectivity index (χ0n) is 16.1. The number of halogens is 1. The van der Waals surface area contributed by atoms with Gasteiger partial charge in [-0.3, -0.25) is 25.2 Å². The molecule has 0 spiro atoms. The van der Waals surface area contributed by atoms with E-state index in [1.54, 1.807) is 44.2 Å². The van der Waals surface area contributed by atoms with Gasteiger partial charge < -0.3 is 0 Å². The number of nitrogens with zero attached hydrogens (tertiary/aromatic N) is 2. The van der Waals surface area contributed by atoms with Gasteiger partial charge in [0.15, 0.2) is 5.69 Å². The lowest BCUT2D eigenvalue weighted by molar-refractivity contribution is -0.121. The van der Waals surface area contributed by atoms with Gasteiger partial charge in [0, 0.05) is 16.8 Å². The van der Waals surface area contributed by atoms with E-state index in [4.69, 9.17) is 11.6 Å². The summed E-state index contributed by atoms with van der Waals surface area (Å²) in [6.45, 7) is 3.61. The number of carbonyl (C=O) groups is 2. The Balaban J connectivity index is 1.73. The molecule has 0 saturated heterocycles. The molecule has 0 aliphatic carbocycles. The van der Waals surface area contributed by atoms with Crippen molar-refractivity contribution in [2.24, 2.45) is 0 Å². The van der Waals surface area contributed by atoms with Crippen LogP contribution in [0, 0.1) is 0 Å². The molecule has 8 heteroatoms. The first kappa shape index (κ1) is 20.5. The predicted octanol–water partition coefficient (Wildman–Crippen LogP) is 3.02. The third-order valence-electron chi connectivity index (χ3n) is 4.43. The smallest absolute Gasteiger partial charge is 0.273 e. The number of benzene rings is 2. The molecule has 0 unspecified atom stereocenters. The number of carbonyl (C=O) groups excluding carboxylic acids is 2. The van der Waals surface area contributed by atoms with Crippen LogP contribution in [0.4, 0.5) is 0 Å². The van der Waals surface area contributed by atoms with Crippen LogP contribution in [0.5, 0.6) is 0 Å². The first-order valence-corrected chi connectivity index (χ1v) is 9.60. The topological polar surface area (TPSA) is 93.1 Å². The molecule has 2 amide bonds. The van der Waals surface area contributed by atoms with E-state index in [0.717, 1.165) is 5.56 Å². The minimum absolute atomic E-state index is 0.0697. The number of fused-ring (bicyclic) bond motifs is 1. The number of aromatic nitrogens is 2. The quantitative estimate of drug-likeness (QED) is 0.630. The van der Waals surface area contributed by atoms with Crippen LogP contribution in [0.3, 0.4) is 0 Å². The Morgan fingerprint density at radius 2 is 1.69 bits per heavy atom. The van der Waals surface area contributed by atoms with Crippen molar-refractivity contribution in [3.8, 4) is 0 Å². The Morgan fingerprint density at radius 1 is 1.03 bits per heavy atom. The van der Waals surface area contributed by atoms with Gasteiger partial charge >= 0.3 is 0 Å². The summed E-state index contributed by atoms with van der Waals surface area (Å²) in [5.74, 6) is -0.957. The summed E-state index contributed by atoms with van der Waals surface area (Å²) in [6.07, 6.45) is 0.602. The molecular formula is C21H21ClN4O3. The molecule has 29 heavy (non-hydrogen) atoms. The number of aryl methyl sites for hydroxylation is 1. The number of nitrogens with one attached hydrogen (secondary N) is 2. The van der Waals surface area contributed by atoms with E-state index in [1.807, 2.05) is 18.2 Å². The first-order valence-electron chi connectivity index (χ1n) is 9.22. The van der Waals surface area contributed by atoms with E-state index in [-0.39, 0.29) is 29.6 Å². The van der Waals surface area contributed by atoms with Crippen molar-refractivity contribution in [1.82, 2.24) is 20.6 Å². The van der Waals surface area contributed by atoms with Gasteiger partial charge in [-0.15, -0.1) is 0 Å². The molecule has 1 aromatic heterocycles. The number of hydrogen-bond donors (Lipinski definition) is 2. The first-order chi connectivity index (χ1) is 13.9. The van der Waals surface area contributed by atoms with Gasteiger partial charge in [0.1, 0.15) is 0 Å². The molecule has 0 aliphatic heterocycles. The standard InChI is InChI=1S/C21H21ClN4O3/c1-13(2)26-21(29)16-9-5-4-8-15(16)19(25-26)20(28)24-23-18(27)12-11-14-7-3-6-10-17(14)22/h3-10,13H,11-12H2,1-2H3,(H,23,27)(H,24,28). The van der Waals surface area contributed by atoms with Gasteiger partial charge in [-0.05, 0) is 38.0 Å². The van der Waals surface area contributed by atoms with E-state index < -0.39 is 5.91 Å². The van der Waals surface area contributed by atoms with E-state index in [0.29, 0.717) is 22.2 Å². The van der Waals surface area contributed by atoms with Crippen molar-refractivity contribution < 1.29 is 9.59 Å². The summed E-state index contributed by atoms with van der Waals surface area (Å²) < 4.78 is 1.26. The van der Waals surface area contributed by atoms with Crippen molar-refractivity contribution in [1.29, 1.82) is 0 Å². The highest BCUT2D eigenvalue weighted by atomic mass is 35.5. The minimum atomic E-state index is -0.596. The van der Waals surface area contributed by atoms with E-state index in [1.165, 1.54) is 4.68 Å². The van der Waals surface area contributed by atoms with Crippen molar-refractivity contribution in [2.75, 3.05) is 0 Å². The Bertz CT molecular complexity index is 1120. The lowest BCUT2D eigenvalue weighted by Gasteiger charge is -2.13. The van der Waals surface area contributed by atoms with Crippen LogP contribution >= 0.6 is 11.6 Å². The molecule has 150 valence electrons. The van der Waals surface area contributed by atoms with Crippen molar-refractivity contribution in [3.63, 3.8) is 0 Å². The zero-order valence-corrected chi connectivity index (χ0v) is 16.9. The van der Waals surface area contributed by atoms with Crippen LogP contribution in [0.15, 0.2) is 53.3 Å². The highest BCUT2D eigenvalue weighted by Gasteiger charge is 2.18. The maximum atomic E-state index is 12.7. The number of hydrogen-bond acceptors (Lipinski definition) is 4. The molecule has 0 fully saturated rings. The normalized spacial score (nSPS) is 10.9. The monoisotopic (exact) mass is 412 g/mol. The third-order valence-corrected chi connectivity index (χ3v) is 4.80. The molecule has 2 aromatic carbocycles. The van der Waals surface area contributed by atoms with Crippen molar-refractivity contribution in [2.45, 2.75) is 32.7 Å². The highest BCUT2D eigenvalue weighted by molar-refractivity contribution is 6.31. The van der Waals surface area contributed by atoms with Crippen LogP contribution in [0.1, 0.15) is 42.4 Å². The van der Waals surface area contributed by atoms with Crippen LogP contribution in [0.25, 0.3) is 10.8 Å². The second-order valence-corrected chi connectivity index (χ2v) is 7.24. The summed E-state index contributed by atoms with van der Waals surface area (Å²) in [5.41, 5.74) is 5.42.